The first-order valence-corrected chi connectivity index (χ1v) is 13.2. The van der Waals surface area contributed by atoms with Crippen molar-refractivity contribution in [2.75, 3.05) is 33.3 Å². The van der Waals surface area contributed by atoms with Crippen LogP contribution in [0, 0.1) is 0 Å². The molecule has 0 spiro atoms. The molecule has 1 heterocycles. The molecule has 1 aliphatic heterocycles. The molecule has 0 bridgehead atoms. The quantitative estimate of drug-likeness (QED) is 0.200. The van der Waals surface area contributed by atoms with E-state index >= 15 is 0 Å². The van der Waals surface area contributed by atoms with Crippen LogP contribution in [-0.2, 0) is 9.59 Å². The summed E-state index contributed by atoms with van der Waals surface area (Å²) in [5, 5.41) is 11.7. The number of ketones is 1. The molecule has 1 N–H and O–H groups in total. The number of benzene rings is 2. The lowest BCUT2D eigenvalue weighted by Crippen LogP contribution is -2.34. The number of Topliss-reactive ketones (excluding diaryl/α,β-unsaturated/α-hetero) is 1. The molecule has 1 atom stereocenters. The Hall–Kier alpha value is -2.83. The van der Waals surface area contributed by atoms with Gasteiger partial charge in [0.1, 0.15) is 11.5 Å². The van der Waals surface area contributed by atoms with E-state index in [4.69, 9.17) is 16.3 Å². The summed E-state index contributed by atoms with van der Waals surface area (Å²) in [7, 11) is 1.56. The third-order valence-electron chi connectivity index (χ3n) is 6.63. The average Bonchev–Trinajstić information content (AvgIpc) is 3.14. The molecule has 0 saturated carbocycles. The lowest BCUT2D eigenvalue weighted by Gasteiger charge is -2.28. The molecule has 0 aromatic heterocycles. The van der Waals surface area contributed by atoms with E-state index in [0.717, 1.165) is 51.7 Å². The molecule has 2 aromatic carbocycles. The van der Waals surface area contributed by atoms with Gasteiger partial charge in [0.2, 0.25) is 0 Å². The zero-order chi connectivity index (χ0) is 26.1. The predicted octanol–water partition coefficient (Wildman–Crippen LogP) is 6.06. The van der Waals surface area contributed by atoms with Crippen LogP contribution in [0.5, 0.6) is 5.75 Å². The highest BCUT2D eigenvalue weighted by atomic mass is 35.5. The van der Waals surface area contributed by atoms with Gasteiger partial charge in [0.25, 0.3) is 11.7 Å². The Morgan fingerprint density at radius 1 is 0.972 bits per heavy atom. The van der Waals surface area contributed by atoms with Crippen molar-refractivity contribution in [3.8, 4) is 5.75 Å². The maximum absolute atomic E-state index is 13.2. The highest BCUT2D eigenvalue weighted by Gasteiger charge is 2.46. The largest absolute Gasteiger partial charge is 0.507 e. The number of hydrogen-bond acceptors (Lipinski definition) is 5. The van der Waals surface area contributed by atoms with Gasteiger partial charge in [0.15, 0.2) is 0 Å². The normalized spacial score (nSPS) is 17.2. The van der Waals surface area contributed by atoms with Crippen molar-refractivity contribution in [1.82, 2.24) is 9.80 Å². The number of methoxy groups -OCH3 is 1. The van der Waals surface area contributed by atoms with Gasteiger partial charge < -0.3 is 19.6 Å². The molecule has 1 saturated heterocycles. The molecule has 1 fully saturated rings. The first-order valence-electron chi connectivity index (χ1n) is 12.8. The zero-order valence-corrected chi connectivity index (χ0v) is 22.3. The zero-order valence-electron chi connectivity index (χ0n) is 21.5. The highest BCUT2D eigenvalue weighted by Crippen LogP contribution is 2.41. The summed E-state index contributed by atoms with van der Waals surface area (Å²) in [6.07, 6.45) is 5.26. The lowest BCUT2D eigenvalue weighted by molar-refractivity contribution is -0.140. The van der Waals surface area contributed by atoms with E-state index in [2.05, 4.69) is 18.7 Å². The number of halogens is 1. The van der Waals surface area contributed by atoms with Crippen LogP contribution < -0.4 is 4.74 Å². The molecule has 36 heavy (non-hydrogen) atoms. The van der Waals surface area contributed by atoms with Crippen molar-refractivity contribution in [1.29, 1.82) is 0 Å². The number of ether oxygens (including phenoxy) is 1. The highest BCUT2D eigenvalue weighted by molar-refractivity contribution is 6.47. The van der Waals surface area contributed by atoms with Gasteiger partial charge in [-0.2, -0.15) is 0 Å². The summed E-state index contributed by atoms with van der Waals surface area (Å²) in [5.41, 5.74) is 1.13. The molecule has 1 aliphatic rings. The van der Waals surface area contributed by atoms with E-state index in [1.807, 2.05) is 12.1 Å². The Balaban J connectivity index is 1.92. The van der Waals surface area contributed by atoms with E-state index in [9.17, 15) is 14.7 Å². The second kappa shape index (κ2) is 13.5. The van der Waals surface area contributed by atoms with Gasteiger partial charge in [-0.3, -0.25) is 9.59 Å². The number of likely N-dealkylation sites (tertiary alicyclic amines) is 1. The number of aliphatic hydroxyl groups is 1. The minimum atomic E-state index is -0.750. The fourth-order valence-corrected chi connectivity index (χ4v) is 4.84. The number of aliphatic hydroxyl groups excluding tert-OH is 1. The lowest BCUT2D eigenvalue weighted by atomic mass is 9.95. The fourth-order valence-electron chi connectivity index (χ4n) is 4.60. The Morgan fingerprint density at radius 3 is 2.17 bits per heavy atom. The molecular formula is C29H37ClN2O4. The molecule has 1 amide bonds. The van der Waals surface area contributed by atoms with Gasteiger partial charge >= 0.3 is 0 Å². The monoisotopic (exact) mass is 512 g/mol. The molecule has 6 nitrogen and oxygen atoms in total. The van der Waals surface area contributed by atoms with E-state index < -0.39 is 17.7 Å². The third kappa shape index (κ3) is 6.48. The van der Waals surface area contributed by atoms with Crippen LogP contribution in [0.25, 0.3) is 5.76 Å². The van der Waals surface area contributed by atoms with Crippen LogP contribution in [0.1, 0.15) is 63.1 Å². The minimum Gasteiger partial charge on any atom is -0.507 e. The van der Waals surface area contributed by atoms with Crippen LogP contribution in [0.3, 0.4) is 0 Å². The molecular weight excluding hydrogens is 476 g/mol. The van der Waals surface area contributed by atoms with Gasteiger partial charge in [0, 0.05) is 17.1 Å². The maximum atomic E-state index is 13.2. The van der Waals surface area contributed by atoms with Crippen LogP contribution in [-0.4, -0.2) is 59.9 Å². The summed E-state index contributed by atoms with van der Waals surface area (Å²) >= 11 is 6.54. The van der Waals surface area contributed by atoms with Crippen molar-refractivity contribution in [3.63, 3.8) is 0 Å². The third-order valence-corrected chi connectivity index (χ3v) is 6.98. The summed E-state index contributed by atoms with van der Waals surface area (Å²) < 4.78 is 5.20. The molecule has 194 valence electrons. The summed E-state index contributed by atoms with van der Waals surface area (Å²) in [5.74, 6) is -0.882. The number of carbonyl (C=O) groups is 2. The van der Waals surface area contributed by atoms with Crippen molar-refractivity contribution in [2.24, 2.45) is 0 Å². The number of amides is 1. The standard InChI is InChI=1S/C29H37ClN2O4/c1-4-6-17-31(18-7-5-2)19-10-20-32-26(23-11-8-9-12-24(23)30)25(28(34)29(32)35)27(33)21-13-15-22(36-3)16-14-21/h8-9,11-16,26,33H,4-7,10,17-20H2,1-3H3/t26-/m0/s1. The fraction of sp³-hybridized carbons (Fsp3) is 0.448. The summed E-state index contributed by atoms with van der Waals surface area (Å²) in [6.45, 7) is 7.67. The number of unbranched alkanes of at least 4 members (excludes halogenated alkanes) is 2. The smallest absolute Gasteiger partial charge is 0.295 e. The molecule has 2 aromatic rings. The first-order chi connectivity index (χ1) is 17.4. The molecule has 0 unspecified atom stereocenters. The average molecular weight is 513 g/mol. The van der Waals surface area contributed by atoms with Gasteiger partial charge in [0.05, 0.1) is 18.7 Å². The van der Waals surface area contributed by atoms with Crippen molar-refractivity contribution >= 4 is 29.1 Å². The number of hydrogen-bond donors (Lipinski definition) is 1. The van der Waals surface area contributed by atoms with E-state index in [0.29, 0.717) is 28.4 Å². The van der Waals surface area contributed by atoms with Gasteiger partial charge in [-0.05, 0) is 74.8 Å². The van der Waals surface area contributed by atoms with E-state index in [-0.39, 0.29) is 11.3 Å². The molecule has 7 heteroatoms. The Bertz CT molecular complexity index is 1060. The van der Waals surface area contributed by atoms with Crippen molar-refractivity contribution < 1.29 is 19.4 Å². The molecule has 3 rings (SSSR count). The first kappa shape index (κ1) is 27.8. The summed E-state index contributed by atoms with van der Waals surface area (Å²) in [6, 6.07) is 13.2. The molecule has 0 aliphatic carbocycles. The van der Waals surface area contributed by atoms with Crippen molar-refractivity contribution in [2.45, 2.75) is 52.0 Å². The van der Waals surface area contributed by atoms with Gasteiger partial charge in [-0.1, -0.05) is 56.5 Å². The van der Waals surface area contributed by atoms with Gasteiger partial charge in [-0.25, -0.2) is 0 Å². The van der Waals surface area contributed by atoms with Crippen LogP contribution in [0.15, 0.2) is 54.1 Å². The summed E-state index contributed by atoms with van der Waals surface area (Å²) in [4.78, 5) is 30.5. The second-order valence-electron chi connectivity index (χ2n) is 9.14. The number of rotatable bonds is 13. The Morgan fingerprint density at radius 2 is 1.58 bits per heavy atom. The van der Waals surface area contributed by atoms with Crippen LogP contribution in [0.2, 0.25) is 5.02 Å². The second-order valence-corrected chi connectivity index (χ2v) is 9.55. The van der Waals surface area contributed by atoms with Crippen LogP contribution in [0.4, 0.5) is 0 Å². The number of nitrogens with zero attached hydrogens (tertiary/aromatic N) is 2. The Kier molecular flexibility index (Phi) is 10.4. The van der Waals surface area contributed by atoms with Crippen molar-refractivity contribution in [3.05, 3.63) is 70.3 Å². The Labute approximate surface area is 219 Å². The minimum absolute atomic E-state index is 0.0621. The topological polar surface area (TPSA) is 70.1 Å². The predicted molar refractivity (Wildman–Crippen MR) is 144 cm³/mol. The van der Waals surface area contributed by atoms with Gasteiger partial charge in [-0.15, -0.1) is 0 Å². The SMILES string of the molecule is CCCCN(CCCC)CCCN1C(=O)C(=O)C(=C(O)c2ccc(OC)cc2)[C@@H]1c1ccccc1Cl. The van der Waals surface area contributed by atoms with Crippen LogP contribution >= 0.6 is 11.6 Å². The van der Waals surface area contributed by atoms with E-state index in [1.54, 1.807) is 48.4 Å². The maximum Gasteiger partial charge on any atom is 0.295 e. The molecule has 0 radical (unpaired) electrons. The van der Waals surface area contributed by atoms with E-state index in [1.165, 1.54) is 0 Å². The number of carbonyl (C=O) groups excluding carboxylic acids is 2.